The van der Waals surface area contributed by atoms with E-state index in [0.29, 0.717) is 6.42 Å². The van der Waals surface area contributed by atoms with E-state index in [9.17, 15) is 13.3 Å². The number of piperidine rings is 1. The van der Waals surface area contributed by atoms with Gasteiger partial charge < -0.3 is 4.55 Å². The molecule has 3 nitrogen and oxygen atoms in total. The Labute approximate surface area is 103 Å². The van der Waals surface area contributed by atoms with E-state index in [1.165, 1.54) is 6.21 Å². The number of alkyl halides is 2. The van der Waals surface area contributed by atoms with Crippen LogP contribution in [-0.2, 0) is 11.4 Å². The molecule has 0 radical (unpaired) electrons. The number of hydrogen-bond acceptors (Lipinski definition) is 3. The topological polar surface area (TPSA) is 47.5 Å². The number of nitrogens with zero attached hydrogens (tertiary/aromatic N) is 1. The van der Waals surface area contributed by atoms with E-state index < -0.39 is 39.5 Å². The molecule has 98 valence electrons. The molecule has 0 spiro atoms. The molecule has 0 aromatic rings. The van der Waals surface area contributed by atoms with Crippen LogP contribution in [-0.4, -0.2) is 33.0 Å². The minimum absolute atomic E-state index is 0.357. The number of hydrogen-bond donors (Lipinski definition) is 1. The van der Waals surface area contributed by atoms with Gasteiger partial charge in [0.2, 0.25) is 0 Å². The first-order chi connectivity index (χ1) is 7.56. The van der Waals surface area contributed by atoms with Crippen LogP contribution in [0.15, 0.2) is 4.40 Å². The quantitative estimate of drug-likeness (QED) is 0.611. The molecule has 0 amide bonds. The molecule has 0 aromatic heterocycles. The van der Waals surface area contributed by atoms with Gasteiger partial charge in [0.15, 0.2) is 0 Å². The van der Waals surface area contributed by atoms with Crippen molar-refractivity contribution >= 4 is 17.6 Å². The fourth-order valence-corrected chi connectivity index (χ4v) is 2.77. The maximum absolute atomic E-state index is 13.0. The van der Waals surface area contributed by atoms with Crippen LogP contribution >= 0.6 is 0 Å². The van der Waals surface area contributed by atoms with Crippen molar-refractivity contribution in [3.8, 4) is 0 Å². The Balaban J connectivity index is 1.96. The van der Waals surface area contributed by atoms with Gasteiger partial charge >= 0.3 is 0 Å². The molecule has 1 saturated carbocycles. The van der Waals surface area contributed by atoms with Crippen LogP contribution in [0, 0.1) is 5.92 Å². The molecule has 4 atom stereocenters. The molecular weight excluding hydrogens is 246 g/mol. The summed E-state index contributed by atoms with van der Waals surface area (Å²) < 4.78 is 41.3. The molecule has 2 rings (SSSR count). The highest BCUT2D eigenvalue weighted by atomic mass is 32.2. The highest BCUT2D eigenvalue weighted by Gasteiger charge is 2.74. The van der Waals surface area contributed by atoms with Crippen molar-refractivity contribution in [1.82, 2.24) is 5.32 Å². The largest absolute Gasteiger partial charge is 0.591 e. The second-order valence-corrected chi connectivity index (χ2v) is 8.05. The third-order valence-electron chi connectivity index (χ3n) is 3.29. The summed E-state index contributed by atoms with van der Waals surface area (Å²) in [6.45, 7) is 7.31. The van der Waals surface area contributed by atoms with Gasteiger partial charge in [0, 0.05) is 5.92 Å². The van der Waals surface area contributed by atoms with Gasteiger partial charge in [-0.1, -0.05) is 4.40 Å². The van der Waals surface area contributed by atoms with Crippen LogP contribution in [0.3, 0.4) is 0 Å². The first-order valence-electron chi connectivity index (χ1n) is 5.69. The monoisotopic (exact) mass is 264 g/mol. The fraction of sp³-hybridized carbons (Fsp3) is 0.909. The molecule has 6 heteroatoms. The van der Waals surface area contributed by atoms with E-state index in [4.69, 9.17) is 0 Å². The highest BCUT2D eigenvalue weighted by molar-refractivity contribution is 7.91. The van der Waals surface area contributed by atoms with E-state index in [-0.39, 0.29) is 0 Å². The number of fused-ring (bicyclic) bond motifs is 1. The molecule has 1 saturated heterocycles. The molecule has 0 bridgehead atoms. The predicted octanol–water partition coefficient (Wildman–Crippen LogP) is 1.91. The summed E-state index contributed by atoms with van der Waals surface area (Å²) in [4.78, 5) is 0. The smallest absolute Gasteiger partial charge is 0.268 e. The van der Waals surface area contributed by atoms with E-state index in [1.54, 1.807) is 0 Å². The van der Waals surface area contributed by atoms with Gasteiger partial charge in [-0.2, -0.15) is 0 Å². The molecule has 1 aliphatic heterocycles. The van der Waals surface area contributed by atoms with Gasteiger partial charge in [0.1, 0.15) is 16.1 Å². The normalized spacial score (nSPS) is 41.6. The Morgan fingerprint density at radius 2 is 2.06 bits per heavy atom. The average molecular weight is 264 g/mol. The van der Waals surface area contributed by atoms with Crippen molar-refractivity contribution in [3.63, 3.8) is 0 Å². The first kappa shape index (κ1) is 13.2. The molecule has 1 aliphatic carbocycles. The van der Waals surface area contributed by atoms with E-state index in [1.807, 2.05) is 27.7 Å². The molecule has 0 aromatic carbocycles. The minimum atomic E-state index is -2.56. The second kappa shape index (κ2) is 3.65. The van der Waals surface area contributed by atoms with Gasteiger partial charge in [-0.25, -0.2) is 8.78 Å². The van der Waals surface area contributed by atoms with Crippen molar-refractivity contribution in [2.75, 3.05) is 0 Å². The van der Waals surface area contributed by atoms with Crippen molar-refractivity contribution in [2.24, 2.45) is 10.3 Å². The maximum Gasteiger partial charge on any atom is 0.268 e. The number of nitrogens with one attached hydrogen (secondary N) is 1. The van der Waals surface area contributed by atoms with E-state index in [2.05, 4.69) is 9.71 Å². The molecule has 2 fully saturated rings. The summed E-state index contributed by atoms with van der Waals surface area (Å²) in [6, 6.07) is -0.720. The Kier molecular flexibility index (Phi) is 2.84. The standard InChI is InChI=1S/C11H18F2N2OS/c1-9(2,3)17(16)14-6-10(4)5-7-8(15-10)11(7,12)13/h6-8,15H,5H2,1-4H3/t7-,8+,10-,17?/m1/s1. The van der Waals surface area contributed by atoms with Crippen LogP contribution in [0.25, 0.3) is 0 Å². The van der Waals surface area contributed by atoms with Crippen LogP contribution in [0.1, 0.15) is 34.1 Å². The average Bonchev–Trinajstić information content (AvgIpc) is 2.59. The molecule has 1 unspecified atom stereocenters. The van der Waals surface area contributed by atoms with Gasteiger partial charge in [-0.3, -0.25) is 5.32 Å². The third-order valence-corrected chi connectivity index (χ3v) is 4.63. The van der Waals surface area contributed by atoms with Gasteiger partial charge in [-0.05, 0) is 34.1 Å². The third kappa shape index (κ3) is 2.35. The SMILES string of the molecule is CC(C)(C)[S+]([O-])N=C[C@@]1(C)C[C@@H]2[C@H](N1)C2(F)F. The summed E-state index contributed by atoms with van der Waals surface area (Å²) in [5.41, 5.74) is -0.544. The Bertz CT molecular complexity index is 340. The summed E-state index contributed by atoms with van der Waals surface area (Å²) in [7, 11) is 0. The zero-order valence-corrected chi connectivity index (χ0v) is 11.3. The van der Waals surface area contributed by atoms with Gasteiger partial charge in [-0.15, -0.1) is 0 Å². The molecule has 1 heterocycles. The summed E-state index contributed by atoms with van der Waals surface area (Å²) in [5.74, 6) is -3.14. The Morgan fingerprint density at radius 1 is 1.47 bits per heavy atom. The van der Waals surface area contributed by atoms with E-state index >= 15 is 0 Å². The van der Waals surface area contributed by atoms with Gasteiger partial charge in [0.05, 0.1) is 17.8 Å². The Hall–Kier alpha value is -0.200. The lowest BCUT2D eigenvalue weighted by Gasteiger charge is -2.24. The summed E-state index contributed by atoms with van der Waals surface area (Å²) in [5, 5.41) is 2.87. The van der Waals surface area contributed by atoms with Crippen molar-refractivity contribution in [3.05, 3.63) is 0 Å². The lowest BCUT2D eigenvalue weighted by molar-refractivity contribution is 0.0708. The minimum Gasteiger partial charge on any atom is -0.591 e. The molecule has 17 heavy (non-hydrogen) atoms. The van der Waals surface area contributed by atoms with Crippen LogP contribution in [0.2, 0.25) is 0 Å². The van der Waals surface area contributed by atoms with Gasteiger partial charge in [0.25, 0.3) is 5.92 Å². The van der Waals surface area contributed by atoms with E-state index in [0.717, 1.165) is 0 Å². The second-order valence-electron chi connectivity index (χ2n) is 6.12. The number of halogens is 2. The van der Waals surface area contributed by atoms with Crippen LogP contribution in [0.4, 0.5) is 8.78 Å². The van der Waals surface area contributed by atoms with Crippen molar-refractivity contribution in [1.29, 1.82) is 0 Å². The maximum atomic E-state index is 13.0. The molecule has 1 N–H and O–H groups in total. The zero-order valence-electron chi connectivity index (χ0n) is 10.5. The molecule has 2 aliphatic rings. The number of rotatable bonds is 2. The lowest BCUT2D eigenvalue weighted by atomic mass is 9.99. The zero-order chi connectivity index (χ0) is 13.1. The van der Waals surface area contributed by atoms with Crippen molar-refractivity contribution in [2.45, 2.75) is 56.4 Å². The summed E-state index contributed by atoms with van der Waals surface area (Å²) in [6.07, 6.45) is 1.89. The molecular formula is C11H18F2N2OS. The Morgan fingerprint density at radius 3 is 2.47 bits per heavy atom. The highest BCUT2D eigenvalue weighted by Crippen LogP contribution is 2.57. The lowest BCUT2D eigenvalue weighted by Crippen LogP contribution is -2.44. The van der Waals surface area contributed by atoms with Crippen LogP contribution in [0.5, 0.6) is 0 Å². The fourth-order valence-electron chi connectivity index (χ4n) is 2.12. The first-order valence-corrected chi connectivity index (χ1v) is 6.80. The van der Waals surface area contributed by atoms with Crippen molar-refractivity contribution < 1.29 is 13.3 Å². The summed E-state index contributed by atoms with van der Waals surface area (Å²) >= 11 is -1.33. The predicted molar refractivity (Wildman–Crippen MR) is 64.8 cm³/mol. The van der Waals surface area contributed by atoms with Crippen LogP contribution < -0.4 is 5.32 Å².